The molecule has 0 fully saturated rings. The molecule has 0 heterocycles. The number of unbranched alkanes of at least 4 members (excludes halogenated alkanes) is 1. The molecule has 0 bridgehead atoms. The van der Waals surface area contributed by atoms with Crippen LogP contribution in [0, 0.1) is 21.4 Å². The minimum absolute atomic E-state index is 0.0275. The van der Waals surface area contributed by atoms with Crippen LogP contribution in [-0.4, -0.2) is 11.5 Å². The average Bonchev–Trinajstić information content (AvgIpc) is 2.33. The van der Waals surface area contributed by atoms with Crippen LogP contribution < -0.4 is 4.74 Å². The second-order valence-corrected chi connectivity index (χ2v) is 3.55. The van der Waals surface area contributed by atoms with Gasteiger partial charge in [0.2, 0.25) is 0 Å². The molecule has 5 nitrogen and oxygen atoms in total. The quantitative estimate of drug-likeness (QED) is 0.469. The summed E-state index contributed by atoms with van der Waals surface area (Å²) >= 11 is 0. The molecule has 0 aromatic heterocycles. The summed E-state index contributed by atoms with van der Waals surface area (Å²) in [7, 11) is 0. The number of nitro groups is 1. The molecule has 1 aromatic carbocycles. The molecule has 1 rings (SSSR count). The molecule has 0 aliphatic heterocycles. The molecule has 0 atom stereocenters. The maximum atomic E-state index is 12.4. The minimum atomic E-state index is -4.65. The Bertz CT molecular complexity index is 509. The summed E-state index contributed by atoms with van der Waals surface area (Å²) in [4.78, 5) is 9.76. The fourth-order valence-corrected chi connectivity index (χ4v) is 1.29. The molecule has 8 heteroatoms. The van der Waals surface area contributed by atoms with Gasteiger partial charge in [0.05, 0.1) is 23.2 Å². The molecule has 102 valence electrons. The first-order chi connectivity index (χ1) is 8.86. The van der Waals surface area contributed by atoms with Crippen LogP contribution in [0.2, 0.25) is 0 Å². The summed E-state index contributed by atoms with van der Waals surface area (Å²) in [6, 6.07) is 3.91. The van der Waals surface area contributed by atoms with Gasteiger partial charge >= 0.3 is 11.9 Å². The fourth-order valence-electron chi connectivity index (χ4n) is 1.29. The van der Waals surface area contributed by atoms with E-state index < -0.39 is 22.4 Å². The van der Waals surface area contributed by atoms with Crippen LogP contribution in [0.5, 0.6) is 5.75 Å². The summed E-state index contributed by atoms with van der Waals surface area (Å²) in [6.45, 7) is 0.0275. The summed E-state index contributed by atoms with van der Waals surface area (Å²) in [5, 5.41) is 19.0. The summed E-state index contributed by atoms with van der Waals surface area (Å²) < 4.78 is 42.3. The van der Waals surface area contributed by atoms with Gasteiger partial charge in [0, 0.05) is 12.5 Å². The maximum Gasteiger partial charge on any atom is 0.416 e. The lowest BCUT2D eigenvalue weighted by Crippen LogP contribution is -2.07. The highest BCUT2D eigenvalue weighted by molar-refractivity contribution is 5.49. The van der Waals surface area contributed by atoms with Crippen molar-refractivity contribution in [1.82, 2.24) is 0 Å². The molecule has 0 N–H and O–H groups in total. The highest BCUT2D eigenvalue weighted by atomic mass is 19.4. The first-order valence-corrected chi connectivity index (χ1v) is 5.21. The van der Waals surface area contributed by atoms with Crippen molar-refractivity contribution in [2.24, 2.45) is 0 Å². The van der Waals surface area contributed by atoms with Gasteiger partial charge in [-0.05, 0) is 18.6 Å². The topological polar surface area (TPSA) is 76.2 Å². The van der Waals surface area contributed by atoms with Gasteiger partial charge in [-0.2, -0.15) is 18.4 Å². The van der Waals surface area contributed by atoms with E-state index in [1.807, 2.05) is 6.07 Å². The van der Waals surface area contributed by atoms with Crippen LogP contribution in [0.25, 0.3) is 0 Å². The Morgan fingerprint density at radius 3 is 2.63 bits per heavy atom. The van der Waals surface area contributed by atoms with Crippen molar-refractivity contribution in [2.45, 2.75) is 19.0 Å². The molecule has 0 saturated heterocycles. The first kappa shape index (κ1) is 14.8. The zero-order chi connectivity index (χ0) is 14.5. The number of nitrogens with zero attached hydrogens (tertiary/aromatic N) is 2. The van der Waals surface area contributed by atoms with Gasteiger partial charge in [-0.1, -0.05) is 0 Å². The Labute approximate surface area is 106 Å². The second kappa shape index (κ2) is 6.04. The smallest absolute Gasteiger partial charge is 0.416 e. The van der Waals surface area contributed by atoms with E-state index >= 15 is 0 Å². The average molecular weight is 274 g/mol. The summed E-state index contributed by atoms with van der Waals surface area (Å²) in [5.74, 6) is -0.240. The van der Waals surface area contributed by atoms with Crippen molar-refractivity contribution in [3.8, 4) is 11.8 Å². The SMILES string of the molecule is N#CCCCOc1ccc(C(F)(F)F)cc1[N+](=O)[O-]. The monoisotopic (exact) mass is 274 g/mol. The van der Waals surface area contributed by atoms with E-state index in [9.17, 15) is 23.3 Å². The third-order valence-electron chi connectivity index (χ3n) is 2.17. The van der Waals surface area contributed by atoms with Crippen molar-refractivity contribution in [3.05, 3.63) is 33.9 Å². The Morgan fingerprint density at radius 1 is 1.42 bits per heavy atom. The van der Waals surface area contributed by atoms with E-state index in [1.165, 1.54) is 0 Å². The number of benzene rings is 1. The minimum Gasteiger partial charge on any atom is -0.487 e. The van der Waals surface area contributed by atoms with Crippen LogP contribution in [0.15, 0.2) is 18.2 Å². The predicted molar refractivity (Wildman–Crippen MR) is 58.4 cm³/mol. The van der Waals surface area contributed by atoms with Crippen LogP contribution in [0.4, 0.5) is 18.9 Å². The molecule has 0 aliphatic carbocycles. The molecule has 0 spiro atoms. The predicted octanol–water partition coefficient (Wildman–Crippen LogP) is 3.30. The number of halogens is 3. The lowest BCUT2D eigenvalue weighted by atomic mass is 10.2. The van der Waals surface area contributed by atoms with Crippen LogP contribution in [0.1, 0.15) is 18.4 Å². The number of alkyl halides is 3. The molecule has 0 amide bonds. The van der Waals surface area contributed by atoms with Gasteiger partial charge in [-0.15, -0.1) is 0 Å². The standard InChI is InChI=1S/C11H9F3N2O3/c12-11(13,14)8-3-4-10(9(7-8)16(17)18)19-6-2-1-5-15/h3-4,7H,1-2,6H2. The maximum absolute atomic E-state index is 12.4. The van der Waals surface area contributed by atoms with Gasteiger partial charge < -0.3 is 4.74 Å². The third-order valence-corrected chi connectivity index (χ3v) is 2.17. The van der Waals surface area contributed by atoms with E-state index in [4.69, 9.17) is 10.00 Å². The lowest BCUT2D eigenvalue weighted by Gasteiger charge is -2.09. The number of hydrogen-bond acceptors (Lipinski definition) is 4. The summed E-state index contributed by atoms with van der Waals surface area (Å²) in [6.07, 6.45) is -4.10. The van der Waals surface area contributed by atoms with Gasteiger partial charge in [0.15, 0.2) is 5.75 Å². The van der Waals surface area contributed by atoms with Crippen LogP contribution in [0.3, 0.4) is 0 Å². The number of ether oxygens (including phenoxy) is 1. The lowest BCUT2D eigenvalue weighted by molar-refractivity contribution is -0.386. The van der Waals surface area contributed by atoms with Crippen molar-refractivity contribution >= 4 is 5.69 Å². The normalized spacial score (nSPS) is 10.8. The molecule has 0 radical (unpaired) electrons. The van der Waals surface area contributed by atoms with Gasteiger partial charge in [-0.25, -0.2) is 0 Å². The zero-order valence-corrected chi connectivity index (χ0v) is 9.61. The van der Waals surface area contributed by atoms with Crippen LogP contribution in [-0.2, 0) is 6.18 Å². The number of nitriles is 1. The van der Waals surface area contributed by atoms with Crippen LogP contribution >= 0.6 is 0 Å². The second-order valence-electron chi connectivity index (χ2n) is 3.55. The number of hydrogen-bond donors (Lipinski definition) is 0. The molecule has 19 heavy (non-hydrogen) atoms. The molecular formula is C11H9F3N2O3. The number of nitro benzene ring substituents is 1. The van der Waals surface area contributed by atoms with E-state index in [-0.39, 0.29) is 18.8 Å². The summed E-state index contributed by atoms with van der Waals surface area (Å²) in [5.41, 5.74) is -1.85. The molecule has 0 saturated carbocycles. The fraction of sp³-hybridized carbons (Fsp3) is 0.364. The highest BCUT2D eigenvalue weighted by Crippen LogP contribution is 2.36. The molecule has 1 aromatic rings. The van der Waals surface area contributed by atoms with Gasteiger partial charge in [-0.3, -0.25) is 10.1 Å². The van der Waals surface area contributed by atoms with E-state index in [1.54, 1.807) is 0 Å². The Balaban J connectivity index is 2.93. The van der Waals surface area contributed by atoms with E-state index in [2.05, 4.69) is 0 Å². The third kappa shape index (κ3) is 4.13. The Kier molecular flexibility index (Phi) is 4.69. The zero-order valence-electron chi connectivity index (χ0n) is 9.61. The van der Waals surface area contributed by atoms with E-state index in [0.717, 1.165) is 6.07 Å². The van der Waals surface area contributed by atoms with E-state index in [0.29, 0.717) is 18.6 Å². The first-order valence-electron chi connectivity index (χ1n) is 5.21. The van der Waals surface area contributed by atoms with Gasteiger partial charge in [0.25, 0.3) is 0 Å². The van der Waals surface area contributed by atoms with Crippen molar-refractivity contribution in [3.63, 3.8) is 0 Å². The van der Waals surface area contributed by atoms with Crippen molar-refractivity contribution in [1.29, 1.82) is 5.26 Å². The van der Waals surface area contributed by atoms with Gasteiger partial charge in [0.1, 0.15) is 0 Å². The Morgan fingerprint density at radius 2 is 2.11 bits per heavy atom. The molecule has 0 unspecified atom stereocenters. The number of rotatable bonds is 5. The Hall–Kier alpha value is -2.30. The highest BCUT2D eigenvalue weighted by Gasteiger charge is 2.33. The largest absolute Gasteiger partial charge is 0.487 e. The van der Waals surface area contributed by atoms with Crippen molar-refractivity contribution in [2.75, 3.05) is 6.61 Å². The van der Waals surface area contributed by atoms with Crippen molar-refractivity contribution < 1.29 is 22.8 Å². The molecular weight excluding hydrogens is 265 g/mol. The molecule has 0 aliphatic rings.